The van der Waals surface area contributed by atoms with Gasteiger partial charge in [-0.3, -0.25) is 0 Å². The molecule has 0 aromatic carbocycles. The Bertz CT molecular complexity index is 84.6. The fourth-order valence-corrected chi connectivity index (χ4v) is 0.541. The van der Waals surface area contributed by atoms with E-state index in [2.05, 4.69) is 24.9 Å². The van der Waals surface area contributed by atoms with Crippen molar-refractivity contribution in [2.45, 2.75) is 26.2 Å². The molecule has 0 aliphatic rings. The highest BCUT2D eigenvalue weighted by atomic mass is 14.8. The summed E-state index contributed by atoms with van der Waals surface area (Å²) in [6, 6.07) is 0. The van der Waals surface area contributed by atoms with Gasteiger partial charge in [-0.15, -0.1) is 0 Å². The van der Waals surface area contributed by atoms with E-state index < -0.39 is 0 Å². The van der Waals surface area contributed by atoms with Gasteiger partial charge in [0.25, 0.3) is 0 Å². The summed E-state index contributed by atoms with van der Waals surface area (Å²) in [7, 11) is 0. The van der Waals surface area contributed by atoms with Gasteiger partial charge in [-0.25, -0.2) is 0 Å². The van der Waals surface area contributed by atoms with Crippen molar-refractivity contribution in [1.82, 2.24) is 5.32 Å². The lowest BCUT2D eigenvalue weighted by atomic mass is 10.2. The number of rotatable bonds is 5. The Hall–Kier alpha value is -0.720. The van der Waals surface area contributed by atoms with Gasteiger partial charge in [0.15, 0.2) is 0 Å². The third-order valence-electron chi connectivity index (χ3n) is 1.06. The monoisotopic (exact) mass is 125 g/mol. The maximum atomic E-state index is 3.52. The van der Waals surface area contributed by atoms with Crippen LogP contribution in [-0.4, -0.2) is 0 Å². The van der Waals surface area contributed by atoms with Gasteiger partial charge >= 0.3 is 0 Å². The minimum absolute atomic E-state index is 1.16. The first-order chi connectivity index (χ1) is 4.41. The Balaban J connectivity index is 2.94. The molecule has 0 rings (SSSR count). The summed E-state index contributed by atoms with van der Waals surface area (Å²) in [6.07, 6.45) is 9.40. The van der Waals surface area contributed by atoms with Crippen LogP contribution in [-0.2, 0) is 0 Å². The summed E-state index contributed by atoms with van der Waals surface area (Å²) < 4.78 is 0. The topological polar surface area (TPSA) is 12.0 Å². The predicted molar refractivity (Wildman–Crippen MR) is 42.0 cm³/mol. The van der Waals surface area contributed by atoms with Gasteiger partial charge in [-0.2, -0.15) is 0 Å². The van der Waals surface area contributed by atoms with Crippen LogP contribution >= 0.6 is 0 Å². The fourth-order valence-electron chi connectivity index (χ4n) is 0.541. The molecule has 0 saturated heterocycles. The summed E-state index contributed by atoms with van der Waals surface area (Å²) in [5.74, 6) is 0. The van der Waals surface area contributed by atoms with E-state index in [0.717, 1.165) is 6.42 Å². The van der Waals surface area contributed by atoms with Gasteiger partial charge in [-0.05, 0) is 18.8 Å². The van der Waals surface area contributed by atoms with E-state index >= 15 is 0 Å². The molecule has 0 aromatic rings. The number of hydrogen-bond acceptors (Lipinski definition) is 1. The van der Waals surface area contributed by atoms with Crippen LogP contribution in [0.1, 0.15) is 26.2 Å². The first kappa shape index (κ1) is 8.28. The quantitative estimate of drug-likeness (QED) is 0.556. The Labute approximate surface area is 57.5 Å². The predicted octanol–water partition coefficient (Wildman–Crippen LogP) is 2.42. The second-order valence-corrected chi connectivity index (χ2v) is 1.92. The van der Waals surface area contributed by atoms with Crippen molar-refractivity contribution in [3.05, 3.63) is 25.1 Å². The summed E-state index contributed by atoms with van der Waals surface area (Å²) >= 11 is 0. The molecule has 0 aliphatic carbocycles. The van der Waals surface area contributed by atoms with Crippen LogP contribution in [0.5, 0.6) is 0 Å². The molecule has 0 unspecified atom stereocenters. The number of allylic oxidation sites excluding steroid dienone is 1. The van der Waals surface area contributed by atoms with E-state index in [4.69, 9.17) is 0 Å². The molecule has 52 valence electrons. The third-order valence-corrected chi connectivity index (χ3v) is 1.06. The highest BCUT2D eigenvalue weighted by molar-refractivity contribution is 4.83. The summed E-state index contributed by atoms with van der Waals surface area (Å²) in [5.41, 5.74) is 0. The first-order valence-corrected chi connectivity index (χ1v) is 3.43. The molecule has 9 heavy (non-hydrogen) atoms. The van der Waals surface area contributed by atoms with Gasteiger partial charge in [0.05, 0.1) is 0 Å². The van der Waals surface area contributed by atoms with Gasteiger partial charge < -0.3 is 5.32 Å². The molecule has 1 N–H and O–H groups in total. The van der Waals surface area contributed by atoms with E-state index in [1.807, 2.05) is 6.20 Å². The van der Waals surface area contributed by atoms with Crippen molar-refractivity contribution >= 4 is 0 Å². The fraction of sp³-hybridized carbons (Fsp3) is 0.500. The molecule has 0 aliphatic heterocycles. The van der Waals surface area contributed by atoms with Crippen LogP contribution in [0.3, 0.4) is 0 Å². The highest BCUT2D eigenvalue weighted by Gasteiger charge is 1.74. The SMILES string of the molecule is C=CNC=CCCCC. The largest absolute Gasteiger partial charge is 0.369 e. The van der Waals surface area contributed by atoms with Crippen molar-refractivity contribution in [3.63, 3.8) is 0 Å². The smallest absolute Gasteiger partial charge is 0.00359 e. The van der Waals surface area contributed by atoms with Gasteiger partial charge in [0, 0.05) is 0 Å². The minimum Gasteiger partial charge on any atom is -0.369 e. The Morgan fingerprint density at radius 2 is 2.33 bits per heavy atom. The Morgan fingerprint density at radius 3 is 2.89 bits per heavy atom. The number of unbranched alkanes of at least 4 members (excludes halogenated alkanes) is 2. The van der Waals surface area contributed by atoms with Crippen molar-refractivity contribution in [3.8, 4) is 0 Å². The van der Waals surface area contributed by atoms with Crippen molar-refractivity contribution < 1.29 is 0 Å². The summed E-state index contributed by atoms with van der Waals surface area (Å²) in [6.45, 7) is 5.71. The lowest BCUT2D eigenvalue weighted by Gasteiger charge is -1.88. The van der Waals surface area contributed by atoms with Crippen molar-refractivity contribution in [2.24, 2.45) is 0 Å². The van der Waals surface area contributed by atoms with Crippen LogP contribution in [0.15, 0.2) is 25.1 Å². The van der Waals surface area contributed by atoms with E-state index in [9.17, 15) is 0 Å². The van der Waals surface area contributed by atoms with Crippen LogP contribution in [0.25, 0.3) is 0 Å². The number of nitrogens with one attached hydrogen (secondary N) is 1. The maximum absolute atomic E-state index is 3.52. The molecular weight excluding hydrogens is 110 g/mol. The second-order valence-electron chi connectivity index (χ2n) is 1.92. The Kier molecular flexibility index (Phi) is 6.70. The molecule has 0 spiro atoms. The van der Waals surface area contributed by atoms with Crippen molar-refractivity contribution in [2.75, 3.05) is 0 Å². The molecule has 0 atom stereocenters. The zero-order chi connectivity index (χ0) is 6.95. The normalized spacial score (nSPS) is 9.89. The minimum atomic E-state index is 1.16. The molecule has 0 heterocycles. The maximum Gasteiger partial charge on any atom is -0.00359 e. The zero-order valence-electron chi connectivity index (χ0n) is 6.06. The second kappa shape index (κ2) is 7.28. The molecule has 0 fully saturated rings. The average molecular weight is 125 g/mol. The first-order valence-electron chi connectivity index (χ1n) is 3.43. The molecule has 0 radical (unpaired) electrons. The lowest BCUT2D eigenvalue weighted by molar-refractivity contribution is 0.812. The van der Waals surface area contributed by atoms with Gasteiger partial charge in [-0.1, -0.05) is 32.4 Å². The van der Waals surface area contributed by atoms with E-state index in [1.165, 1.54) is 12.8 Å². The third kappa shape index (κ3) is 7.28. The average Bonchev–Trinajstić information content (AvgIpc) is 1.89. The summed E-state index contributed by atoms with van der Waals surface area (Å²) in [4.78, 5) is 0. The molecule has 0 bridgehead atoms. The number of hydrogen-bond donors (Lipinski definition) is 1. The van der Waals surface area contributed by atoms with E-state index in [-0.39, 0.29) is 0 Å². The Morgan fingerprint density at radius 1 is 1.56 bits per heavy atom. The van der Waals surface area contributed by atoms with Gasteiger partial charge in [0.2, 0.25) is 0 Å². The van der Waals surface area contributed by atoms with Crippen LogP contribution in [0.2, 0.25) is 0 Å². The molecule has 0 amide bonds. The van der Waals surface area contributed by atoms with Crippen LogP contribution < -0.4 is 5.32 Å². The van der Waals surface area contributed by atoms with E-state index in [0.29, 0.717) is 0 Å². The van der Waals surface area contributed by atoms with Crippen LogP contribution in [0, 0.1) is 0 Å². The molecule has 0 aromatic heterocycles. The van der Waals surface area contributed by atoms with Gasteiger partial charge in [0.1, 0.15) is 0 Å². The van der Waals surface area contributed by atoms with E-state index in [1.54, 1.807) is 6.20 Å². The molecule has 0 saturated carbocycles. The van der Waals surface area contributed by atoms with Crippen molar-refractivity contribution in [1.29, 1.82) is 0 Å². The van der Waals surface area contributed by atoms with Crippen LogP contribution in [0.4, 0.5) is 0 Å². The molecular formula is C8H15N. The standard InChI is InChI=1S/C8H15N/c1-3-5-6-7-8-9-4-2/h4,7-9H,2-3,5-6H2,1H3. The summed E-state index contributed by atoms with van der Waals surface area (Å²) in [5, 5.41) is 2.89. The lowest BCUT2D eigenvalue weighted by Crippen LogP contribution is -1.88. The highest BCUT2D eigenvalue weighted by Crippen LogP contribution is 1.93. The molecule has 1 nitrogen and oxygen atoms in total. The zero-order valence-corrected chi connectivity index (χ0v) is 6.06. The molecule has 1 heteroatoms.